The highest BCUT2D eigenvalue weighted by molar-refractivity contribution is 7.89. The molecular formula is C10H12N4O2S2. The molecule has 0 unspecified atom stereocenters. The summed E-state index contributed by atoms with van der Waals surface area (Å²) in [6.07, 6.45) is 2.55. The van der Waals surface area contributed by atoms with Crippen molar-refractivity contribution in [1.82, 2.24) is 14.7 Å². The summed E-state index contributed by atoms with van der Waals surface area (Å²) in [5.74, 6) is 0.381. The first-order valence-electron chi connectivity index (χ1n) is 5.12. The van der Waals surface area contributed by atoms with Crippen LogP contribution in [0.1, 0.15) is 5.56 Å². The second kappa shape index (κ2) is 5.42. The molecule has 0 bridgehead atoms. The van der Waals surface area contributed by atoms with E-state index in [-0.39, 0.29) is 11.4 Å². The topological polar surface area (TPSA) is 84.0 Å². The molecular weight excluding hydrogens is 272 g/mol. The first-order valence-corrected chi connectivity index (χ1v) is 7.55. The minimum absolute atomic E-state index is 0.0525. The van der Waals surface area contributed by atoms with Crippen LogP contribution in [0.4, 0.5) is 5.95 Å². The third-order valence-electron chi connectivity index (χ3n) is 2.21. The molecule has 0 saturated carbocycles. The summed E-state index contributed by atoms with van der Waals surface area (Å²) >= 11 is 1.52. The summed E-state index contributed by atoms with van der Waals surface area (Å²) in [4.78, 5) is 7.79. The smallest absolute Gasteiger partial charge is 0.243 e. The van der Waals surface area contributed by atoms with Crippen molar-refractivity contribution < 1.29 is 8.42 Å². The van der Waals surface area contributed by atoms with Crippen LogP contribution in [0.3, 0.4) is 0 Å². The summed E-state index contributed by atoms with van der Waals surface area (Å²) < 4.78 is 26.3. The van der Waals surface area contributed by atoms with Gasteiger partial charge in [-0.1, -0.05) is 0 Å². The minimum atomic E-state index is -3.56. The molecule has 0 saturated heterocycles. The number of nitrogens with one attached hydrogen (secondary N) is 2. The molecule has 18 heavy (non-hydrogen) atoms. The van der Waals surface area contributed by atoms with E-state index in [1.165, 1.54) is 23.7 Å². The van der Waals surface area contributed by atoms with Crippen molar-refractivity contribution >= 4 is 27.3 Å². The van der Waals surface area contributed by atoms with Gasteiger partial charge in [0.15, 0.2) is 0 Å². The summed E-state index contributed by atoms with van der Waals surface area (Å²) in [5.41, 5.74) is 0.927. The molecule has 2 rings (SSSR count). The molecule has 0 aromatic carbocycles. The number of rotatable bonds is 5. The van der Waals surface area contributed by atoms with Gasteiger partial charge < -0.3 is 5.32 Å². The number of anilines is 1. The lowest BCUT2D eigenvalue weighted by molar-refractivity contribution is 0.580. The maximum Gasteiger partial charge on any atom is 0.243 e. The first-order chi connectivity index (χ1) is 8.62. The lowest BCUT2D eigenvalue weighted by Gasteiger charge is -2.05. The molecule has 2 N–H and O–H groups in total. The van der Waals surface area contributed by atoms with Gasteiger partial charge in [-0.2, -0.15) is 11.3 Å². The Labute approximate surface area is 109 Å². The van der Waals surface area contributed by atoms with Crippen LogP contribution in [0.25, 0.3) is 0 Å². The van der Waals surface area contributed by atoms with E-state index in [9.17, 15) is 8.42 Å². The number of aromatic nitrogens is 2. The lowest BCUT2D eigenvalue weighted by Crippen LogP contribution is -2.23. The maximum absolute atomic E-state index is 11.9. The van der Waals surface area contributed by atoms with E-state index in [4.69, 9.17) is 0 Å². The van der Waals surface area contributed by atoms with Crippen molar-refractivity contribution in [3.8, 4) is 0 Å². The van der Waals surface area contributed by atoms with E-state index in [1.54, 1.807) is 7.05 Å². The Hall–Kier alpha value is -1.51. The van der Waals surface area contributed by atoms with Crippen LogP contribution in [0, 0.1) is 0 Å². The second-order valence-electron chi connectivity index (χ2n) is 3.45. The van der Waals surface area contributed by atoms with E-state index >= 15 is 0 Å². The molecule has 2 heterocycles. The summed E-state index contributed by atoms with van der Waals surface area (Å²) in [5, 5.41) is 6.51. The van der Waals surface area contributed by atoms with Crippen molar-refractivity contribution in [2.45, 2.75) is 11.4 Å². The molecule has 0 atom stereocenters. The standard InChI is InChI=1S/C10H12N4O2S2/c1-11-10-12-5-9(6-13-10)18(15,16)14-4-8-2-3-17-7-8/h2-3,5-7,14H,4H2,1H3,(H,11,12,13). The van der Waals surface area contributed by atoms with Gasteiger partial charge in [0.1, 0.15) is 4.90 Å². The van der Waals surface area contributed by atoms with Gasteiger partial charge in [0.25, 0.3) is 0 Å². The molecule has 0 aliphatic rings. The summed E-state index contributed by atoms with van der Waals surface area (Å²) in [7, 11) is -1.89. The minimum Gasteiger partial charge on any atom is -0.357 e. The fourth-order valence-electron chi connectivity index (χ4n) is 1.24. The summed E-state index contributed by atoms with van der Waals surface area (Å²) in [6.45, 7) is 0.264. The van der Waals surface area contributed by atoms with Gasteiger partial charge in [-0.05, 0) is 22.4 Å². The van der Waals surface area contributed by atoms with Gasteiger partial charge >= 0.3 is 0 Å². The SMILES string of the molecule is CNc1ncc(S(=O)(=O)NCc2ccsc2)cn1. The number of hydrogen-bond acceptors (Lipinski definition) is 6. The van der Waals surface area contributed by atoms with Crippen molar-refractivity contribution in [3.05, 3.63) is 34.8 Å². The van der Waals surface area contributed by atoms with E-state index in [1.807, 2.05) is 16.8 Å². The average Bonchev–Trinajstić information content (AvgIpc) is 2.90. The first kappa shape index (κ1) is 12.9. The average molecular weight is 284 g/mol. The molecule has 0 fully saturated rings. The van der Waals surface area contributed by atoms with E-state index < -0.39 is 10.0 Å². The number of nitrogens with zero attached hydrogens (tertiary/aromatic N) is 2. The molecule has 0 amide bonds. The number of hydrogen-bond donors (Lipinski definition) is 2. The zero-order chi connectivity index (χ0) is 13.0. The molecule has 0 spiro atoms. The van der Waals surface area contributed by atoms with Gasteiger partial charge in [0, 0.05) is 13.6 Å². The van der Waals surface area contributed by atoms with Crippen molar-refractivity contribution in [2.24, 2.45) is 0 Å². The van der Waals surface area contributed by atoms with Crippen LogP contribution in [0.5, 0.6) is 0 Å². The molecule has 96 valence electrons. The molecule has 0 aliphatic carbocycles. The monoisotopic (exact) mass is 284 g/mol. The fraction of sp³-hybridized carbons (Fsp3) is 0.200. The maximum atomic E-state index is 11.9. The Kier molecular flexibility index (Phi) is 3.90. The highest BCUT2D eigenvalue weighted by Gasteiger charge is 2.14. The molecule has 8 heteroatoms. The fourth-order valence-corrected chi connectivity index (χ4v) is 2.81. The number of thiophene rings is 1. The Bertz CT molecular complexity index is 593. The third kappa shape index (κ3) is 3.03. The highest BCUT2D eigenvalue weighted by Crippen LogP contribution is 2.10. The van der Waals surface area contributed by atoms with E-state index in [0.717, 1.165) is 5.56 Å². The van der Waals surface area contributed by atoms with E-state index in [2.05, 4.69) is 20.0 Å². The van der Waals surface area contributed by atoms with Crippen LogP contribution in [0.15, 0.2) is 34.1 Å². The van der Waals surface area contributed by atoms with Crippen molar-refractivity contribution in [1.29, 1.82) is 0 Å². The van der Waals surface area contributed by atoms with Crippen LogP contribution < -0.4 is 10.0 Å². The van der Waals surface area contributed by atoms with Crippen molar-refractivity contribution in [2.75, 3.05) is 12.4 Å². The van der Waals surface area contributed by atoms with Crippen LogP contribution >= 0.6 is 11.3 Å². The predicted molar refractivity (Wildman–Crippen MR) is 69.9 cm³/mol. The van der Waals surface area contributed by atoms with Crippen LogP contribution in [-0.2, 0) is 16.6 Å². The van der Waals surface area contributed by atoms with Gasteiger partial charge in [-0.15, -0.1) is 0 Å². The van der Waals surface area contributed by atoms with Crippen LogP contribution in [0.2, 0.25) is 0 Å². The molecule has 0 radical (unpaired) electrons. The largest absolute Gasteiger partial charge is 0.357 e. The molecule has 0 aliphatic heterocycles. The predicted octanol–water partition coefficient (Wildman–Crippen LogP) is 1.06. The van der Waals surface area contributed by atoms with Gasteiger partial charge in [-0.25, -0.2) is 23.1 Å². The van der Waals surface area contributed by atoms with Crippen molar-refractivity contribution in [3.63, 3.8) is 0 Å². The Morgan fingerprint density at radius 2 is 2.06 bits per heavy atom. The van der Waals surface area contributed by atoms with E-state index in [0.29, 0.717) is 5.95 Å². The summed E-state index contributed by atoms with van der Waals surface area (Å²) in [6, 6.07) is 1.87. The third-order valence-corrected chi connectivity index (χ3v) is 4.30. The quantitative estimate of drug-likeness (QED) is 0.857. The lowest BCUT2D eigenvalue weighted by atomic mass is 10.4. The number of sulfonamides is 1. The molecule has 6 nitrogen and oxygen atoms in total. The normalized spacial score (nSPS) is 11.4. The van der Waals surface area contributed by atoms with Gasteiger partial charge in [-0.3, -0.25) is 0 Å². The molecule has 2 aromatic rings. The Balaban J connectivity index is 2.09. The highest BCUT2D eigenvalue weighted by atomic mass is 32.2. The Morgan fingerprint density at radius 3 is 2.61 bits per heavy atom. The Morgan fingerprint density at radius 1 is 1.33 bits per heavy atom. The van der Waals surface area contributed by atoms with Crippen LogP contribution in [-0.4, -0.2) is 25.4 Å². The van der Waals surface area contributed by atoms with Gasteiger partial charge in [0.05, 0.1) is 12.4 Å². The zero-order valence-electron chi connectivity index (χ0n) is 9.62. The van der Waals surface area contributed by atoms with Gasteiger partial charge in [0.2, 0.25) is 16.0 Å². The second-order valence-corrected chi connectivity index (χ2v) is 6.00. The molecule has 2 aromatic heterocycles. The zero-order valence-corrected chi connectivity index (χ0v) is 11.3.